The number of hydrogen-bond donors (Lipinski definition) is 1. The molecule has 1 aromatic carbocycles. The Labute approximate surface area is 141 Å². The number of carbonyl (C=O) groups is 1. The van der Waals surface area contributed by atoms with Gasteiger partial charge in [-0.2, -0.15) is 0 Å². The highest BCUT2D eigenvalue weighted by Gasteiger charge is 2.15. The van der Waals surface area contributed by atoms with Crippen LogP contribution in [0.5, 0.6) is 0 Å². The minimum absolute atomic E-state index is 0.0146. The monoisotopic (exact) mass is 348 g/mol. The zero-order chi connectivity index (χ0) is 17.9. The molecule has 0 radical (unpaired) electrons. The van der Waals surface area contributed by atoms with Crippen LogP contribution in [0.25, 0.3) is 0 Å². The number of rotatable bonds is 6. The molecule has 128 valence electrons. The van der Waals surface area contributed by atoms with E-state index in [1.165, 1.54) is 31.2 Å². The molecule has 0 fully saturated rings. The summed E-state index contributed by atoms with van der Waals surface area (Å²) < 4.78 is 27.1. The lowest BCUT2D eigenvalue weighted by molar-refractivity contribution is 0.101. The summed E-state index contributed by atoms with van der Waals surface area (Å²) in [6, 6.07) is 7.61. The van der Waals surface area contributed by atoms with E-state index in [4.69, 9.17) is 0 Å². The Morgan fingerprint density at radius 2 is 1.79 bits per heavy atom. The summed E-state index contributed by atoms with van der Waals surface area (Å²) in [4.78, 5) is 21.7. The van der Waals surface area contributed by atoms with Gasteiger partial charge in [0, 0.05) is 31.4 Å². The van der Waals surface area contributed by atoms with Crippen LogP contribution >= 0.6 is 0 Å². The standard InChI is InChI=1S/C16H20N4O3S/c1-11-9-16(20(3)4)19-15(18-11)10-17-24(22,23)14-7-5-13(6-8-14)12(2)21/h5-9,17H,10H2,1-4H3. The molecule has 1 heterocycles. The first-order chi connectivity index (χ1) is 11.2. The molecule has 0 aliphatic rings. The van der Waals surface area contributed by atoms with Crippen LogP contribution in [0.4, 0.5) is 5.82 Å². The molecule has 0 unspecified atom stereocenters. The number of sulfonamides is 1. The molecule has 0 aliphatic heterocycles. The van der Waals surface area contributed by atoms with Crippen LogP contribution in [0.1, 0.15) is 28.8 Å². The number of Topliss-reactive ketones (excluding diaryl/α,β-unsaturated/α-hetero) is 1. The minimum atomic E-state index is -3.70. The van der Waals surface area contributed by atoms with E-state index in [-0.39, 0.29) is 17.2 Å². The zero-order valence-corrected chi connectivity index (χ0v) is 14.9. The summed E-state index contributed by atoms with van der Waals surface area (Å²) in [5, 5.41) is 0. The largest absolute Gasteiger partial charge is 0.363 e. The first-order valence-corrected chi connectivity index (χ1v) is 8.80. The van der Waals surface area contributed by atoms with Gasteiger partial charge in [-0.15, -0.1) is 0 Å². The summed E-state index contributed by atoms with van der Waals surface area (Å²) in [6.07, 6.45) is 0. The van der Waals surface area contributed by atoms with E-state index in [2.05, 4.69) is 14.7 Å². The van der Waals surface area contributed by atoms with Crippen molar-refractivity contribution in [3.63, 3.8) is 0 Å². The summed E-state index contributed by atoms with van der Waals surface area (Å²) in [6.45, 7) is 3.24. The number of benzene rings is 1. The summed E-state index contributed by atoms with van der Waals surface area (Å²) in [5.41, 5.74) is 1.22. The van der Waals surface area contributed by atoms with E-state index in [1.54, 1.807) is 0 Å². The topological polar surface area (TPSA) is 92.3 Å². The van der Waals surface area contributed by atoms with Crippen molar-refractivity contribution in [2.45, 2.75) is 25.3 Å². The molecule has 0 amide bonds. The van der Waals surface area contributed by atoms with Gasteiger partial charge in [0.05, 0.1) is 11.4 Å². The number of aromatic nitrogens is 2. The Bertz CT molecular complexity index is 846. The van der Waals surface area contributed by atoms with Crippen LogP contribution < -0.4 is 9.62 Å². The molecule has 0 spiro atoms. The molecular formula is C16H20N4O3S. The normalized spacial score (nSPS) is 11.3. The molecule has 0 atom stereocenters. The van der Waals surface area contributed by atoms with E-state index in [1.807, 2.05) is 32.0 Å². The van der Waals surface area contributed by atoms with E-state index < -0.39 is 10.0 Å². The average Bonchev–Trinajstić information content (AvgIpc) is 2.52. The van der Waals surface area contributed by atoms with Crippen molar-refractivity contribution in [2.75, 3.05) is 19.0 Å². The molecule has 2 aromatic rings. The second kappa shape index (κ2) is 7.06. The van der Waals surface area contributed by atoms with Crippen LogP contribution in [0.15, 0.2) is 35.2 Å². The Morgan fingerprint density at radius 1 is 1.17 bits per heavy atom. The van der Waals surface area contributed by atoms with E-state index >= 15 is 0 Å². The van der Waals surface area contributed by atoms with Crippen molar-refractivity contribution >= 4 is 21.6 Å². The number of ketones is 1. The molecule has 1 aromatic heterocycles. The van der Waals surface area contributed by atoms with Crippen molar-refractivity contribution in [1.29, 1.82) is 0 Å². The average molecular weight is 348 g/mol. The molecule has 1 N–H and O–H groups in total. The van der Waals surface area contributed by atoms with Gasteiger partial charge in [-0.05, 0) is 26.0 Å². The van der Waals surface area contributed by atoms with Gasteiger partial charge in [-0.1, -0.05) is 12.1 Å². The maximum atomic E-state index is 12.3. The van der Waals surface area contributed by atoms with Gasteiger partial charge in [0.1, 0.15) is 11.6 Å². The fourth-order valence-electron chi connectivity index (χ4n) is 2.03. The fraction of sp³-hybridized carbons (Fsp3) is 0.312. The highest BCUT2D eigenvalue weighted by Crippen LogP contribution is 2.13. The zero-order valence-electron chi connectivity index (χ0n) is 14.1. The van der Waals surface area contributed by atoms with Crippen molar-refractivity contribution in [3.05, 3.63) is 47.4 Å². The van der Waals surface area contributed by atoms with Crippen molar-refractivity contribution < 1.29 is 13.2 Å². The Hall–Kier alpha value is -2.32. The summed E-state index contributed by atoms with van der Waals surface area (Å²) in [5.74, 6) is 0.987. The number of anilines is 1. The molecule has 0 bridgehead atoms. The van der Waals surface area contributed by atoms with Gasteiger partial charge in [0.2, 0.25) is 10.0 Å². The third-order valence-electron chi connectivity index (χ3n) is 3.34. The maximum Gasteiger partial charge on any atom is 0.240 e. The lowest BCUT2D eigenvalue weighted by Crippen LogP contribution is -2.25. The Kier molecular flexibility index (Phi) is 5.30. The van der Waals surface area contributed by atoms with Gasteiger partial charge in [-0.3, -0.25) is 4.79 Å². The minimum Gasteiger partial charge on any atom is -0.363 e. The van der Waals surface area contributed by atoms with E-state index in [9.17, 15) is 13.2 Å². The molecule has 0 saturated carbocycles. The van der Waals surface area contributed by atoms with Gasteiger partial charge < -0.3 is 4.90 Å². The second-order valence-corrected chi connectivity index (χ2v) is 7.35. The van der Waals surface area contributed by atoms with Crippen molar-refractivity contribution in [3.8, 4) is 0 Å². The molecular weight excluding hydrogens is 328 g/mol. The van der Waals surface area contributed by atoms with Gasteiger partial charge in [-0.25, -0.2) is 23.1 Å². The smallest absolute Gasteiger partial charge is 0.240 e. The SMILES string of the molecule is CC(=O)c1ccc(S(=O)(=O)NCc2nc(C)cc(N(C)C)n2)cc1. The third-order valence-corrected chi connectivity index (χ3v) is 4.75. The maximum absolute atomic E-state index is 12.3. The predicted molar refractivity (Wildman–Crippen MR) is 91.6 cm³/mol. The first-order valence-electron chi connectivity index (χ1n) is 7.31. The van der Waals surface area contributed by atoms with Crippen molar-refractivity contribution in [1.82, 2.24) is 14.7 Å². The Morgan fingerprint density at radius 3 is 2.33 bits per heavy atom. The van der Waals surface area contributed by atoms with E-state index in [0.29, 0.717) is 17.2 Å². The lowest BCUT2D eigenvalue weighted by atomic mass is 10.2. The van der Waals surface area contributed by atoms with Gasteiger partial charge in [0.25, 0.3) is 0 Å². The number of aryl methyl sites for hydroxylation is 1. The van der Waals surface area contributed by atoms with Crippen molar-refractivity contribution in [2.24, 2.45) is 0 Å². The number of hydrogen-bond acceptors (Lipinski definition) is 6. The number of nitrogens with one attached hydrogen (secondary N) is 1. The second-order valence-electron chi connectivity index (χ2n) is 5.58. The lowest BCUT2D eigenvalue weighted by Gasteiger charge is -2.13. The highest BCUT2D eigenvalue weighted by molar-refractivity contribution is 7.89. The van der Waals surface area contributed by atoms with Gasteiger partial charge in [0.15, 0.2) is 5.78 Å². The molecule has 2 rings (SSSR count). The van der Waals surface area contributed by atoms with Crippen LogP contribution in [0, 0.1) is 6.92 Å². The van der Waals surface area contributed by atoms with Gasteiger partial charge >= 0.3 is 0 Å². The highest BCUT2D eigenvalue weighted by atomic mass is 32.2. The summed E-state index contributed by atoms with van der Waals surface area (Å²) >= 11 is 0. The van der Waals surface area contributed by atoms with Crippen LogP contribution in [0.2, 0.25) is 0 Å². The molecule has 7 nitrogen and oxygen atoms in total. The predicted octanol–water partition coefficient (Wildman–Crippen LogP) is 1.53. The van der Waals surface area contributed by atoms with Crippen LogP contribution in [0.3, 0.4) is 0 Å². The Balaban J connectivity index is 2.17. The number of nitrogens with zero attached hydrogens (tertiary/aromatic N) is 3. The third kappa shape index (κ3) is 4.36. The molecule has 0 aliphatic carbocycles. The molecule has 0 saturated heterocycles. The van der Waals surface area contributed by atoms with Crippen LogP contribution in [-0.4, -0.2) is 38.3 Å². The van der Waals surface area contributed by atoms with E-state index in [0.717, 1.165) is 5.69 Å². The first kappa shape index (κ1) is 18.0. The summed E-state index contributed by atoms with van der Waals surface area (Å²) in [7, 11) is 0.00516. The fourth-order valence-corrected chi connectivity index (χ4v) is 3.01. The number of carbonyl (C=O) groups excluding carboxylic acids is 1. The molecule has 24 heavy (non-hydrogen) atoms. The molecule has 8 heteroatoms. The van der Waals surface area contributed by atoms with Crippen LogP contribution in [-0.2, 0) is 16.6 Å². The quantitative estimate of drug-likeness (QED) is 0.796.